The van der Waals surface area contributed by atoms with Crippen LogP contribution in [0.3, 0.4) is 0 Å². The summed E-state index contributed by atoms with van der Waals surface area (Å²) in [6.07, 6.45) is 0. The van der Waals surface area contributed by atoms with Gasteiger partial charge in [-0.2, -0.15) is 0 Å². The predicted octanol–water partition coefficient (Wildman–Crippen LogP) is 3.06. The highest BCUT2D eigenvalue weighted by atomic mass is 35.5. The molecule has 0 saturated heterocycles. The highest BCUT2D eigenvalue weighted by molar-refractivity contribution is 6.29. The molecule has 0 bridgehead atoms. The van der Waals surface area contributed by atoms with Crippen LogP contribution in [0.4, 0.5) is 5.69 Å². The molecular formula is C14H13ClN2O2. The van der Waals surface area contributed by atoms with Gasteiger partial charge in [-0.3, -0.25) is 4.79 Å². The number of nitrogens with one attached hydrogen (secondary N) is 1. The second kappa shape index (κ2) is 6.20. The highest BCUT2D eigenvalue weighted by Crippen LogP contribution is 2.15. The summed E-state index contributed by atoms with van der Waals surface area (Å²) in [7, 11) is 0. The Morgan fingerprint density at radius 1 is 1.26 bits per heavy atom. The van der Waals surface area contributed by atoms with Gasteiger partial charge >= 0.3 is 0 Å². The number of carbonyl (C=O) groups is 1. The average molecular weight is 277 g/mol. The quantitative estimate of drug-likeness (QED) is 0.873. The number of ether oxygens (including phenoxy) is 1. The monoisotopic (exact) mass is 276 g/mol. The van der Waals surface area contributed by atoms with Crippen LogP contribution in [0, 0.1) is 6.92 Å². The van der Waals surface area contributed by atoms with Gasteiger partial charge in [-0.25, -0.2) is 4.98 Å². The molecule has 1 amide bonds. The molecule has 19 heavy (non-hydrogen) atoms. The number of hydrogen-bond acceptors (Lipinski definition) is 3. The lowest BCUT2D eigenvalue weighted by Crippen LogP contribution is -2.20. The molecule has 0 fully saturated rings. The fourth-order valence-corrected chi connectivity index (χ4v) is 1.70. The topological polar surface area (TPSA) is 51.2 Å². The van der Waals surface area contributed by atoms with Crippen molar-refractivity contribution in [1.29, 1.82) is 0 Å². The molecule has 0 spiro atoms. The second-order valence-corrected chi connectivity index (χ2v) is 4.30. The van der Waals surface area contributed by atoms with E-state index in [9.17, 15) is 4.79 Å². The summed E-state index contributed by atoms with van der Waals surface area (Å²) in [6, 6.07) is 12.5. The Morgan fingerprint density at radius 2 is 2.00 bits per heavy atom. The first-order valence-corrected chi connectivity index (χ1v) is 6.14. The van der Waals surface area contributed by atoms with Crippen molar-refractivity contribution in [3.63, 3.8) is 0 Å². The van der Waals surface area contributed by atoms with E-state index < -0.39 is 0 Å². The molecule has 98 valence electrons. The van der Waals surface area contributed by atoms with Gasteiger partial charge in [0.2, 0.25) is 0 Å². The molecule has 4 nitrogen and oxygen atoms in total. The smallest absolute Gasteiger partial charge is 0.262 e. The van der Waals surface area contributed by atoms with Crippen LogP contribution in [0.15, 0.2) is 42.5 Å². The number of hydrogen-bond donors (Lipinski definition) is 1. The van der Waals surface area contributed by atoms with Crippen molar-refractivity contribution in [2.45, 2.75) is 6.92 Å². The van der Waals surface area contributed by atoms with Crippen LogP contribution >= 0.6 is 11.6 Å². The largest absolute Gasteiger partial charge is 0.484 e. The van der Waals surface area contributed by atoms with E-state index in [1.807, 2.05) is 18.2 Å². The van der Waals surface area contributed by atoms with Gasteiger partial charge in [0.25, 0.3) is 5.91 Å². The second-order valence-electron chi connectivity index (χ2n) is 3.92. The Bertz CT molecular complexity index is 573. The Labute approximate surface area is 116 Å². The third-order valence-electron chi connectivity index (χ3n) is 2.44. The Morgan fingerprint density at radius 3 is 2.68 bits per heavy atom. The van der Waals surface area contributed by atoms with E-state index in [2.05, 4.69) is 10.3 Å². The van der Waals surface area contributed by atoms with Gasteiger partial charge in [0.05, 0.1) is 11.4 Å². The number of benzene rings is 1. The SMILES string of the molecule is Cc1nc(Cl)ccc1NC(=O)COc1ccccc1. The van der Waals surface area contributed by atoms with Crippen molar-refractivity contribution in [3.05, 3.63) is 53.3 Å². The van der Waals surface area contributed by atoms with Crippen molar-refractivity contribution in [1.82, 2.24) is 4.98 Å². The summed E-state index contributed by atoms with van der Waals surface area (Å²) in [4.78, 5) is 15.8. The molecule has 0 aliphatic carbocycles. The van der Waals surface area contributed by atoms with Crippen LogP contribution in [0.5, 0.6) is 5.75 Å². The maximum absolute atomic E-state index is 11.7. The predicted molar refractivity (Wildman–Crippen MR) is 74.6 cm³/mol. The third-order valence-corrected chi connectivity index (χ3v) is 2.65. The molecule has 0 radical (unpaired) electrons. The molecule has 1 heterocycles. The molecule has 0 unspecified atom stereocenters. The Balaban J connectivity index is 1.91. The number of halogens is 1. The molecular weight excluding hydrogens is 264 g/mol. The number of amides is 1. The fourth-order valence-electron chi connectivity index (χ4n) is 1.51. The zero-order valence-corrected chi connectivity index (χ0v) is 11.1. The van der Waals surface area contributed by atoms with Crippen molar-refractivity contribution >= 4 is 23.2 Å². The zero-order chi connectivity index (χ0) is 13.7. The molecule has 1 N–H and O–H groups in total. The molecule has 2 rings (SSSR count). The lowest BCUT2D eigenvalue weighted by Gasteiger charge is -2.09. The number of aryl methyl sites for hydroxylation is 1. The van der Waals surface area contributed by atoms with E-state index in [-0.39, 0.29) is 12.5 Å². The van der Waals surface area contributed by atoms with Crippen molar-refractivity contribution in [2.24, 2.45) is 0 Å². The molecule has 0 saturated carbocycles. The van der Waals surface area contributed by atoms with E-state index in [0.717, 1.165) is 0 Å². The maximum Gasteiger partial charge on any atom is 0.262 e. The van der Waals surface area contributed by atoms with E-state index in [1.54, 1.807) is 31.2 Å². The van der Waals surface area contributed by atoms with Crippen LogP contribution < -0.4 is 10.1 Å². The molecule has 1 aromatic carbocycles. The number of aromatic nitrogens is 1. The van der Waals surface area contributed by atoms with Crippen LogP contribution in [0.2, 0.25) is 5.15 Å². The van der Waals surface area contributed by atoms with Gasteiger partial charge in [0.1, 0.15) is 10.9 Å². The summed E-state index contributed by atoms with van der Waals surface area (Å²) >= 11 is 5.75. The number of nitrogens with zero attached hydrogens (tertiary/aromatic N) is 1. The molecule has 1 aromatic heterocycles. The normalized spacial score (nSPS) is 10.0. The summed E-state index contributed by atoms with van der Waals surface area (Å²) in [5, 5.41) is 3.12. The summed E-state index contributed by atoms with van der Waals surface area (Å²) in [5.74, 6) is 0.416. The van der Waals surface area contributed by atoms with Gasteiger partial charge in [-0.05, 0) is 31.2 Å². The van der Waals surface area contributed by atoms with Gasteiger partial charge in [0.15, 0.2) is 6.61 Å². The van der Waals surface area contributed by atoms with Crippen LogP contribution in [-0.4, -0.2) is 17.5 Å². The first-order chi connectivity index (χ1) is 9.15. The number of pyridine rings is 1. The van der Waals surface area contributed by atoms with Crippen molar-refractivity contribution in [3.8, 4) is 5.75 Å². The zero-order valence-electron chi connectivity index (χ0n) is 10.4. The molecule has 0 aliphatic rings. The molecule has 0 atom stereocenters. The van der Waals surface area contributed by atoms with E-state index >= 15 is 0 Å². The first kappa shape index (κ1) is 13.4. The number of carbonyl (C=O) groups excluding carboxylic acids is 1. The minimum atomic E-state index is -0.240. The number of rotatable bonds is 4. The first-order valence-electron chi connectivity index (χ1n) is 5.76. The highest BCUT2D eigenvalue weighted by Gasteiger charge is 2.06. The van der Waals surface area contributed by atoms with Crippen molar-refractivity contribution in [2.75, 3.05) is 11.9 Å². The van der Waals surface area contributed by atoms with Gasteiger partial charge < -0.3 is 10.1 Å². The third kappa shape index (κ3) is 3.96. The standard InChI is InChI=1S/C14H13ClN2O2/c1-10-12(7-8-13(15)16-10)17-14(18)9-19-11-5-3-2-4-6-11/h2-8H,9H2,1H3,(H,17,18). The summed E-state index contributed by atoms with van der Waals surface area (Å²) in [6.45, 7) is 1.73. The minimum Gasteiger partial charge on any atom is -0.484 e. The molecule has 0 aliphatic heterocycles. The van der Waals surface area contributed by atoms with E-state index in [1.165, 1.54) is 0 Å². The van der Waals surface area contributed by atoms with Crippen LogP contribution in [0.1, 0.15) is 5.69 Å². The average Bonchev–Trinajstić information content (AvgIpc) is 2.41. The van der Waals surface area contributed by atoms with Gasteiger partial charge in [-0.15, -0.1) is 0 Å². The number of anilines is 1. The summed E-state index contributed by atoms with van der Waals surface area (Å²) in [5.41, 5.74) is 1.30. The van der Waals surface area contributed by atoms with Crippen LogP contribution in [0.25, 0.3) is 0 Å². The maximum atomic E-state index is 11.7. The van der Waals surface area contributed by atoms with Gasteiger partial charge in [-0.1, -0.05) is 29.8 Å². The Hall–Kier alpha value is -2.07. The van der Waals surface area contributed by atoms with Gasteiger partial charge in [0, 0.05) is 0 Å². The lowest BCUT2D eigenvalue weighted by atomic mass is 10.3. The van der Waals surface area contributed by atoms with E-state index in [0.29, 0.717) is 22.3 Å². The lowest BCUT2D eigenvalue weighted by molar-refractivity contribution is -0.118. The minimum absolute atomic E-state index is 0.0495. The Kier molecular flexibility index (Phi) is 4.36. The molecule has 5 heteroatoms. The number of para-hydroxylation sites is 1. The van der Waals surface area contributed by atoms with Crippen LogP contribution in [-0.2, 0) is 4.79 Å². The van der Waals surface area contributed by atoms with Crippen molar-refractivity contribution < 1.29 is 9.53 Å². The van der Waals surface area contributed by atoms with E-state index in [4.69, 9.17) is 16.3 Å². The molecule has 2 aromatic rings. The fraction of sp³-hybridized carbons (Fsp3) is 0.143. The summed E-state index contributed by atoms with van der Waals surface area (Å²) < 4.78 is 5.35.